The van der Waals surface area contributed by atoms with E-state index in [2.05, 4.69) is 40.3 Å². The fourth-order valence-corrected chi connectivity index (χ4v) is 3.83. The molecule has 3 heteroatoms. The van der Waals surface area contributed by atoms with Crippen molar-refractivity contribution in [1.29, 1.82) is 0 Å². The Morgan fingerprint density at radius 1 is 1.26 bits per heavy atom. The Morgan fingerprint density at radius 3 is 2.26 bits per heavy atom. The number of halogens is 1. The first-order valence-electron chi connectivity index (χ1n) is 7.07. The lowest BCUT2D eigenvalue weighted by molar-refractivity contribution is -0.125. The molecule has 1 saturated carbocycles. The molecule has 1 aromatic carbocycles. The van der Waals surface area contributed by atoms with Crippen LogP contribution in [0.2, 0.25) is 0 Å². The molecule has 0 atom stereocenters. The summed E-state index contributed by atoms with van der Waals surface area (Å²) in [6.07, 6.45) is 5.36. The first kappa shape index (κ1) is 14.6. The van der Waals surface area contributed by atoms with Gasteiger partial charge in [0, 0.05) is 15.6 Å². The second-order valence-corrected chi connectivity index (χ2v) is 6.63. The summed E-state index contributed by atoms with van der Waals surface area (Å²) in [5.41, 5.74) is 3.08. The van der Waals surface area contributed by atoms with E-state index in [0.29, 0.717) is 0 Å². The molecule has 19 heavy (non-hydrogen) atoms. The number of aryl methyl sites for hydroxylation is 2. The molecule has 1 amide bonds. The van der Waals surface area contributed by atoms with Gasteiger partial charge in [0.1, 0.15) is 0 Å². The average molecular weight is 324 g/mol. The number of carbonyl (C=O) groups excluding carboxylic acids is 1. The van der Waals surface area contributed by atoms with Gasteiger partial charge in [0.25, 0.3) is 0 Å². The van der Waals surface area contributed by atoms with Crippen molar-refractivity contribution in [3.8, 4) is 0 Å². The third kappa shape index (κ3) is 2.86. The van der Waals surface area contributed by atoms with Gasteiger partial charge in [-0.05, 0) is 56.4 Å². The number of rotatable bonds is 3. The van der Waals surface area contributed by atoms with Crippen LogP contribution in [0.15, 0.2) is 16.6 Å². The number of nitrogens with one attached hydrogen (secondary N) is 1. The van der Waals surface area contributed by atoms with E-state index >= 15 is 0 Å². The lowest BCUT2D eigenvalue weighted by Gasteiger charge is -2.27. The van der Waals surface area contributed by atoms with Gasteiger partial charge in [0.2, 0.25) is 5.91 Å². The monoisotopic (exact) mass is 323 g/mol. The Labute approximate surface area is 124 Å². The maximum atomic E-state index is 12.6. The fraction of sp³-hybridized carbons (Fsp3) is 0.562. The van der Waals surface area contributed by atoms with Crippen molar-refractivity contribution < 1.29 is 4.79 Å². The predicted octanol–water partition coefficient (Wildman–Crippen LogP) is 4.97. The molecule has 1 aromatic rings. The van der Waals surface area contributed by atoms with Crippen LogP contribution in [0.3, 0.4) is 0 Å². The molecule has 0 spiro atoms. The number of benzene rings is 1. The minimum absolute atomic E-state index is 0.133. The topological polar surface area (TPSA) is 29.1 Å². The second-order valence-electron chi connectivity index (χ2n) is 5.71. The average Bonchev–Trinajstić information content (AvgIpc) is 2.83. The van der Waals surface area contributed by atoms with Crippen molar-refractivity contribution in [3.05, 3.63) is 27.7 Å². The molecule has 2 nitrogen and oxygen atoms in total. The third-order valence-corrected chi connectivity index (χ3v) is 4.91. The minimum atomic E-state index is -0.133. The van der Waals surface area contributed by atoms with Crippen LogP contribution < -0.4 is 5.32 Å². The third-order valence-electron chi connectivity index (χ3n) is 4.46. The highest BCUT2D eigenvalue weighted by Gasteiger charge is 2.39. The van der Waals surface area contributed by atoms with Crippen molar-refractivity contribution in [3.63, 3.8) is 0 Å². The van der Waals surface area contributed by atoms with Crippen LogP contribution in [0.4, 0.5) is 5.69 Å². The largest absolute Gasteiger partial charge is 0.325 e. The maximum Gasteiger partial charge on any atom is 0.230 e. The number of amides is 1. The standard InChI is InChI=1S/C16H22BrNO/c1-4-16(7-5-6-8-16)15(19)18-14-11(2)9-13(17)10-12(14)3/h9-10H,4-8H2,1-3H3,(H,18,19). The van der Waals surface area contributed by atoms with Gasteiger partial charge in [-0.25, -0.2) is 0 Å². The van der Waals surface area contributed by atoms with Gasteiger partial charge in [-0.3, -0.25) is 4.79 Å². The van der Waals surface area contributed by atoms with Crippen molar-refractivity contribution in [2.75, 3.05) is 5.32 Å². The molecule has 1 fully saturated rings. The summed E-state index contributed by atoms with van der Waals surface area (Å²) in [5, 5.41) is 3.18. The molecule has 0 aromatic heterocycles. The molecule has 0 radical (unpaired) electrons. The highest BCUT2D eigenvalue weighted by atomic mass is 79.9. The van der Waals surface area contributed by atoms with E-state index in [1.54, 1.807) is 0 Å². The molecular weight excluding hydrogens is 302 g/mol. The van der Waals surface area contributed by atoms with Crippen LogP contribution in [0, 0.1) is 19.3 Å². The van der Waals surface area contributed by atoms with Crippen LogP contribution in [0.5, 0.6) is 0 Å². The smallest absolute Gasteiger partial charge is 0.230 e. The summed E-state index contributed by atoms with van der Waals surface area (Å²) in [4.78, 5) is 12.6. The Kier molecular flexibility index (Phi) is 4.34. The van der Waals surface area contributed by atoms with Crippen LogP contribution in [-0.2, 0) is 4.79 Å². The molecule has 0 saturated heterocycles. The maximum absolute atomic E-state index is 12.6. The summed E-state index contributed by atoms with van der Waals surface area (Å²) >= 11 is 3.49. The van der Waals surface area contributed by atoms with E-state index in [1.807, 2.05) is 13.8 Å². The number of carbonyl (C=O) groups is 1. The quantitative estimate of drug-likeness (QED) is 0.835. The predicted molar refractivity (Wildman–Crippen MR) is 83.4 cm³/mol. The summed E-state index contributed by atoms with van der Waals surface area (Å²) < 4.78 is 1.06. The first-order valence-corrected chi connectivity index (χ1v) is 7.86. The normalized spacial score (nSPS) is 17.5. The molecule has 1 N–H and O–H groups in total. The van der Waals surface area contributed by atoms with E-state index < -0.39 is 0 Å². The number of anilines is 1. The zero-order chi connectivity index (χ0) is 14.0. The Hall–Kier alpha value is -0.830. The molecular formula is C16H22BrNO. The van der Waals surface area contributed by atoms with E-state index in [4.69, 9.17) is 0 Å². The van der Waals surface area contributed by atoms with E-state index in [0.717, 1.165) is 40.5 Å². The van der Waals surface area contributed by atoms with Crippen LogP contribution in [0.25, 0.3) is 0 Å². The van der Waals surface area contributed by atoms with Crippen molar-refractivity contribution in [1.82, 2.24) is 0 Å². The van der Waals surface area contributed by atoms with E-state index in [1.165, 1.54) is 12.8 Å². The van der Waals surface area contributed by atoms with Gasteiger partial charge in [0.05, 0.1) is 0 Å². The fourth-order valence-electron chi connectivity index (χ4n) is 3.15. The van der Waals surface area contributed by atoms with Gasteiger partial charge >= 0.3 is 0 Å². The number of hydrogen-bond donors (Lipinski definition) is 1. The van der Waals surface area contributed by atoms with Gasteiger partial charge in [-0.1, -0.05) is 35.7 Å². The van der Waals surface area contributed by atoms with Gasteiger partial charge in [-0.2, -0.15) is 0 Å². The molecule has 104 valence electrons. The van der Waals surface area contributed by atoms with Gasteiger partial charge in [0.15, 0.2) is 0 Å². The first-order chi connectivity index (χ1) is 8.98. The van der Waals surface area contributed by atoms with E-state index in [-0.39, 0.29) is 11.3 Å². The van der Waals surface area contributed by atoms with Crippen LogP contribution in [0.1, 0.15) is 50.2 Å². The Morgan fingerprint density at radius 2 is 1.79 bits per heavy atom. The molecule has 2 rings (SSSR count). The second kappa shape index (κ2) is 5.66. The molecule has 0 unspecified atom stereocenters. The molecule has 0 bridgehead atoms. The van der Waals surface area contributed by atoms with Gasteiger partial charge < -0.3 is 5.32 Å². The molecule has 0 aliphatic heterocycles. The Bertz CT molecular complexity index is 467. The minimum Gasteiger partial charge on any atom is -0.325 e. The highest BCUT2D eigenvalue weighted by molar-refractivity contribution is 9.10. The van der Waals surface area contributed by atoms with E-state index in [9.17, 15) is 4.79 Å². The van der Waals surface area contributed by atoms with Crippen LogP contribution >= 0.6 is 15.9 Å². The summed E-state index contributed by atoms with van der Waals surface area (Å²) in [7, 11) is 0. The lowest BCUT2D eigenvalue weighted by Crippen LogP contribution is -2.33. The summed E-state index contributed by atoms with van der Waals surface area (Å²) in [6.45, 7) is 6.22. The molecule has 1 aliphatic carbocycles. The summed E-state index contributed by atoms with van der Waals surface area (Å²) in [6, 6.07) is 4.10. The van der Waals surface area contributed by atoms with Crippen molar-refractivity contribution >= 4 is 27.5 Å². The zero-order valence-electron chi connectivity index (χ0n) is 12.0. The SMILES string of the molecule is CCC1(C(=O)Nc2c(C)cc(Br)cc2C)CCCC1. The lowest BCUT2D eigenvalue weighted by atomic mass is 9.82. The highest BCUT2D eigenvalue weighted by Crippen LogP contribution is 2.42. The van der Waals surface area contributed by atoms with Gasteiger partial charge in [-0.15, -0.1) is 0 Å². The molecule has 1 aliphatic rings. The molecule has 0 heterocycles. The van der Waals surface area contributed by atoms with Crippen molar-refractivity contribution in [2.24, 2.45) is 5.41 Å². The zero-order valence-corrected chi connectivity index (χ0v) is 13.6. The summed E-state index contributed by atoms with van der Waals surface area (Å²) in [5.74, 6) is 0.209. The number of hydrogen-bond acceptors (Lipinski definition) is 1. The van der Waals surface area contributed by atoms with Crippen molar-refractivity contribution in [2.45, 2.75) is 52.9 Å². The Balaban J connectivity index is 2.24. The van der Waals surface area contributed by atoms with Crippen LogP contribution in [-0.4, -0.2) is 5.91 Å².